The molecule has 0 radical (unpaired) electrons. The zero-order valence-electron chi connectivity index (χ0n) is 14.6. The third kappa shape index (κ3) is 3.66. The summed E-state index contributed by atoms with van der Waals surface area (Å²) < 4.78 is 53.3. The number of carbonyl (C=O) groups is 1. The van der Waals surface area contributed by atoms with Crippen LogP contribution in [0.25, 0.3) is 17.0 Å². The number of halogens is 4. The zero-order chi connectivity index (χ0) is 20.6. The number of hydrogen-bond acceptors (Lipinski definition) is 3. The number of nitrogens with zero attached hydrogens (tertiary/aromatic N) is 3. The van der Waals surface area contributed by atoms with Gasteiger partial charge < -0.3 is 5.32 Å². The van der Waals surface area contributed by atoms with Crippen molar-refractivity contribution in [3.8, 4) is 11.3 Å². The standard InChI is InChI=1S/C20H12F4N4O/c21-15-8-4-13(5-9-15)18(29)26-17-16(28-11-1-10-25-19(28)27-17)12-2-6-14(7-3-12)20(22,23)24/h1-11H,(H,26,29). The molecular weight excluding hydrogens is 388 g/mol. The Morgan fingerprint density at radius 2 is 1.69 bits per heavy atom. The zero-order valence-corrected chi connectivity index (χ0v) is 14.6. The van der Waals surface area contributed by atoms with Crippen molar-refractivity contribution in [3.63, 3.8) is 0 Å². The molecule has 0 saturated carbocycles. The number of amides is 1. The molecule has 0 bridgehead atoms. The van der Waals surface area contributed by atoms with Crippen molar-refractivity contribution in [2.75, 3.05) is 5.32 Å². The molecule has 2 aromatic carbocycles. The highest BCUT2D eigenvalue weighted by Crippen LogP contribution is 2.33. The number of rotatable bonds is 3. The van der Waals surface area contributed by atoms with Gasteiger partial charge in [-0.3, -0.25) is 9.20 Å². The van der Waals surface area contributed by atoms with Crippen LogP contribution in [0.15, 0.2) is 67.0 Å². The van der Waals surface area contributed by atoms with Crippen LogP contribution in [0.3, 0.4) is 0 Å². The maximum atomic E-state index is 13.1. The van der Waals surface area contributed by atoms with Gasteiger partial charge in [0.25, 0.3) is 5.91 Å². The van der Waals surface area contributed by atoms with E-state index in [0.717, 1.165) is 24.3 Å². The highest BCUT2D eigenvalue weighted by Gasteiger charge is 2.30. The van der Waals surface area contributed by atoms with E-state index in [9.17, 15) is 22.4 Å². The molecule has 0 saturated heterocycles. The van der Waals surface area contributed by atoms with E-state index >= 15 is 0 Å². The van der Waals surface area contributed by atoms with Gasteiger partial charge in [0.1, 0.15) is 5.82 Å². The maximum Gasteiger partial charge on any atom is 0.416 e. The first kappa shape index (κ1) is 18.6. The normalized spacial score (nSPS) is 11.6. The fourth-order valence-corrected chi connectivity index (χ4v) is 2.85. The second-order valence-corrected chi connectivity index (χ2v) is 6.13. The summed E-state index contributed by atoms with van der Waals surface area (Å²) in [5, 5.41) is 2.62. The second kappa shape index (κ2) is 7.01. The molecular formula is C20H12F4N4O. The van der Waals surface area contributed by atoms with Gasteiger partial charge in [-0.25, -0.2) is 9.37 Å². The Morgan fingerprint density at radius 3 is 2.34 bits per heavy atom. The molecule has 0 fully saturated rings. The first-order chi connectivity index (χ1) is 13.8. The lowest BCUT2D eigenvalue weighted by molar-refractivity contribution is -0.137. The van der Waals surface area contributed by atoms with Gasteiger partial charge >= 0.3 is 6.18 Å². The maximum absolute atomic E-state index is 13.1. The smallest absolute Gasteiger partial charge is 0.305 e. The third-order valence-corrected chi connectivity index (χ3v) is 4.23. The lowest BCUT2D eigenvalue weighted by Gasteiger charge is -2.09. The predicted octanol–water partition coefficient (Wildman–Crippen LogP) is 4.81. The summed E-state index contributed by atoms with van der Waals surface area (Å²) in [5.74, 6) is -0.639. The van der Waals surface area contributed by atoms with Crippen LogP contribution in [0.1, 0.15) is 15.9 Å². The summed E-state index contributed by atoms with van der Waals surface area (Å²) in [7, 11) is 0. The van der Waals surface area contributed by atoms with Crippen LogP contribution in [0.5, 0.6) is 0 Å². The van der Waals surface area contributed by atoms with E-state index in [-0.39, 0.29) is 17.2 Å². The minimum Gasteiger partial charge on any atom is -0.305 e. The fraction of sp³-hybridized carbons (Fsp3) is 0.0500. The molecule has 0 atom stereocenters. The summed E-state index contributed by atoms with van der Waals surface area (Å²) in [6.07, 6.45) is -1.32. The Morgan fingerprint density at radius 1 is 1.00 bits per heavy atom. The summed E-state index contributed by atoms with van der Waals surface area (Å²) in [6.45, 7) is 0. The van der Waals surface area contributed by atoms with Gasteiger partial charge in [0.15, 0.2) is 5.82 Å². The molecule has 146 valence electrons. The SMILES string of the molecule is O=C(Nc1nc2ncccn2c1-c1ccc(C(F)(F)F)cc1)c1ccc(F)cc1. The molecule has 0 spiro atoms. The van der Waals surface area contributed by atoms with Gasteiger partial charge in [0.2, 0.25) is 5.78 Å². The quantitative estimate of drug-likeness (QED) is 0.503. The van der Waals surface area contributed by atoms with Crippen molar-refractivity contribution in [3.05, 3.63) is 83.9 Å². The van der Waals surface area contributed by atoms with Crippen molar-refractivity contribution < 1.29 is 22.4 Å². The molecule has 2 heterocycles. The van der Waals surface area contributed by atoms with E-state index < -0.39 is 23.5 Å². The van der Waals surface area contributed by atoms with Crippen molar-refractivity contribution >= 4 is 17.5 Å². The highest BCUT2D eigenvalue weighted by molar-refractivity contribution is 6.05. The molecule has 4 rings (SSSR count). The number of hydrogen-bond donors (Lipinski definition) is 1. The number of carbonyl (C=O) groups excluding carboxylic acids is 1. The van der Waals surface area contributed by atoms with E-state index in [1.165, 1.54) is 30.5 Å². The van der Waals surface area contributed by atoms with Crippen LogP contribution >= 0.6 is 0 Å². The van der Waals surface area contributed by atoms with Crippen molar-refractivity contribution in [1.82, 2.24) is 14.4 Å². The number of aromatic nitrogens is 3. The number of anilines is 1. The molecule has 0 aliphatic rings. The molecule has 9 heteroatoms. The Bertz CT molecular complexity index is 1180. The number of benzene rings is 2. The van der Waals surface area contributed by atoms with Crippen LogP contribution in [0, 0.1) is 5.82 Å². The molecule has 1 N–H and O–H groups in total. The molecule has 5 nitrogen and oxygen atoms in total. The predicted molar refractivity (Wildman–Crippen MR) is 97.8 cm³/mol. The lowest BCUT2D eigenvalue weighted by atomic mass is 10.1. The Labute approximate surface area is 161 Å². The average Bonchev–Trinajstić information content (AvgIpc) is 3.05. The summed E-state index contributed by atoms with van der Waals surface area (Å²) in [4.78, 5) is 20.9. The van der Waals surface area contributed by atoms with Crippen molar-refractivity contribution in [2.45, 2.75) is 6.18 Å². The molecule has 0 aliphatic carbocycles. The number of nitrogens with one attached hydrogen (secondary N) is 1. The first-order valence-corrected chi connectivity index (χ1v) is 8.40. The van der Waals surface area contributed by atoms with Gasteiger partial charge in [-0.05, 0) is 42.5 Å². The van der Waals surface area contributed by atoms with Crippen molar-refractivity contribution in [1.29, 1.82) is 0 Å². The molecule has 4 aromatic rings. The Kier molecular flexibility index (Phi) is 4.50. The number of alkyl halides is 3. The molecule has 1 amide bonds. The van der Waals surface area contributed by atoms with Gasteiger partial charge in [-0.2, -0.15) is 18.2 Å². The fourth-order valence-electron chi connectivity index (χ4n) is 2.85. The van der Waals surface area contributed by atoms with Crippen LogP contribution < -0.4 is 5.32 Å². The van der Waals surface area contributed by atoms with Crippen LogP contribution in [0.4, 0.5) is 23.4 Å². The van der Waals surface area contributed by atoms with Crippen LogP contribution in [-0.4, -0.2) is 20.3 Å². The highest BCUT2D eigenvalue weighted by atomic mass is 19.4. The van der Waals surface area contributed by atoms with E-state index in [0.29, 0.717) is 11.3 Å². The van der Waals surface area contributed by atoms with Gasteiger partial charge in [0, 0.05) is 23.5 Å². The molecule has 0 unspecified atom stereocenters. The van der Waals surface area contributed by atoms with Gasteiger partial charge in [-0.1, -0.05) is 12.1 Å². The van der Waals surface area contributed by atoms with Gasteiger partial charge in [0.05, 0.1) is 11.3 Å². The van der Waals surface area contributed by atoms with E-state index in [1.807, 2.05) is 0 Å². The molecule has 0 aliphatic heterocycles. The molecule has 2 aromatic heterocycles. The largest absolute Gasteiger partial charge is 0.416 e. The lowest BCUT2D eigenvalue weighted by Crippen LogP contribution is -2.13. The molecule has 29 heavy (non-hydrogen) atoms. The topological polar surface area (TPSA) is 59.3 Å². The van der Waals surface area contributed by atoms with Crippen LogP contribution in [0.2, 0.25) is 0 Å². The van der Waals surface area contributed by atoms with Gasteiger partial charge in [-0.15, -0.1) is 0 Å². The summed E-state index contributed by atoms with van der Waals surface area (Å²) in [6, 6.07) is 11.1. The van der Waals surface area contributed by atoms with Crippen molar-refractivity contribution in [2.24, 2.45) is 0 Å². The van der Waals surface area contributed by atoms with E-state index in [4.69, 9.17) is 0 Å². The minimum absolute atomic E-state index is 0.123. The number of imidazole rings is 1. The van der Waals surface area contributed by atoms with E-state index in [2.05, 4.69) is 15.3 Å². The van der Waals surface area contributed by atoms with Crippen LogP contribution in [-0.2, 0) is 6.18 Å². The first-order valence-electron chi connectivity index (χ1n) is 8.40. The van der Waals surface area contributed by atoms with E-state index in [1.54, 1.807) is 16.7 Å². The summed E-state index contributed by atoms with van der Waals surface area (Å²) in [5.41, 5.74) is 0.199. The minimum atomic E-state index is -4.46. The Hall–Kier alpha value is -3.75. The summed E-state index contributed by atoms with van der Waals surface area (Å²) >= 11 is 0. The monoisotopic (exact) mass is 400 g/mol. The third-order valence-electron chi connectivity index (χ3n) is 4.23. The second-order valence-electron chi connectivity index (χ2n) is 6.13. The average molecular weight is 400 g/mol. The Balaban J connectivity index is 1.77. The number of fused-ring (bicyclic) bond motifs is 1.